The van der Waals surface area contributed by atoms with Crippen LogP contribution in [0, 0.1) is 12.7 Å². The quantitative estimate of drug-likeness (QED) is 0.926. The molecular formula is C18H22FN3O. The molecule has 3 rings (SSSR count). The van der Waals surface area contributed by atoms with Gasteiger partial charge in [0.15, 0.2) is 0 Å². The molecule has 122 valence electrons. The maximum Gasteiger partial charge on any atom is 0.256 e. The number of nitrogens with zero attached hydrogens (tertiary/aromatic N) is 2. The zero-order valence-electron chi connectivity index (χ0n) is 13.6. The standard InChI is InChI=1S/C18H22FN3O/c1-11(20)17-5-3-4-8-22(17)18(23)15-9-13-6-7-14(19)10-16(13)21-12(15)2/h6-7,9-11,17H,3-5,8,20H2,1-2H3. The van der Waals surface area contributed by atoms with Gasteiger partial charge in [0.1, 0.15) is 5.82 Å². The molecule has 1 fully saturated rings. The van der Waals surface area contributed by atoms with E-state index >= 15 is 0 Å². The first-order chi connectivity index (χ1) is 11.0. The minimum atomic E-state index is -0.323. The average molecular weight is 315 g/mol. The number of fused-ring (bicyclic) bond motifs is 1. The molecule has 4 nitrogen and oxygen atoms in total. The molecule has 2 aromatic rings. The molecular weight excluding hydrogens is 293 g/mol. The second kappa shape index (κ2) is 6.24. The first kappa shape index (κ1) is 15.9. The van der Waals surface area contributed by atoms with Crippen molar-refractivity contribution in [2.24, 2.45) is 5.73 Å². The monoisotopic (exact) mass is 315 g/mol. The summed E-state index contributed by atoms with van der Waals surface area (Å²) in [6.45, 7) is 4.47. The number of nitrogens with two attached hydrogens (primary N) is 1. The zero-order chi connectivity index (χ0) is 16.6. The number of aromatic nitrogens is 1. The van der Waals surface area contributed by atoms with Crippen molar-refractivity contribution < 1.29 is 9.18 Å². The Balaban J connectivity index is 1.99. The third kappa shape index (κ3) is 3.06. The van der Waals surface area contributed by atoms with E-state index in [0.29, 0.717) is 16.8 Å². The normalized spacial score (nSPS) is 19.8. The maximum atomic E-state index is 13.3. The molecule has 5 heteroatoms. The number of carbonyl (C=O) groups is 1. The van der Waals surface area contributed by atoms with Gasteiger partial charge in [-0.2, -0.15) is 0 Å². The van der Waals surface area contributed by atoms with Crippen molar-refractivity contribution in [1.82, 2.24) is 9.88 Å². The molecule has 0 saturated carbocycles. The van der Waals surface area contributed by atoms with Gasteiger partial charge in [-0.25, -0.2) is 4.39 Å². The van der Waals surface area contributed by atoms with Crippen LogP contribution in [0.5, 0.6) is 0 Å². The van der Waals surface area contributed by atoms with Crippen molar-refractivity contribution in [2.75, 3.05) is 6.54 Å². The second-order valence-corrected chi connectivity index (χ2v) is 6.38. The number of hydrogen-bond acceptors (Lipinski definition) is 3. The Morgan fingerprint density at radius 1 is 1.39 bits per heavy atom. The first-order valence-electron chi connectivity index (χ1n) is 8.11. The van der Waals surface area contributed by atoms with Crippen molar-refractivity contribution in [3.05, 3.63) is 41.3 Å². The SMILES string of the molecule is Cc1nc2cc(F)ccc2cc1C(=O)N1CCCCC1C(C)N. The fraction of sp³-hybridized carbons (Fsp3) is 0.444. The summed E-state index contributed by atoms with van der Waals surface area (Å²) in [7, 11) is 0. The Kier molecular flexibility index (Phi) is 4.31. The molecule has 2 unspecified atom stereocenters. The lowest BCUT2D eigenvalue weighted by atomic mass is 9.95. The largest absolute Gasteiger partial charge is 0.334 e. The Morgan fingerprint density at radius 3 is 2.91 bits per heavy atom. The highest BCUT2D eigenvalue weighted by atomic mass is 19.1. The van der Waals surface area contributed by atoms with Gasteiger partial charge in [-0.15, -0.1) is 0 Å². The predicted octanol–water partition coefficient (Wildman–Crippen LogP) is 3.02. The molecule has 2 atom stereocenters. The fourth-order valence-electron chi connectivity index (χ4n) is 3.36. The van der Waals surface area contributed by atoms with Crippen molar-refractivity contribution in [2.45, 2.75) is 45.2 Å². The van der Waals surface area contributed by atoms with Crippen LogP contribution in [0.25, 0.3) is 10.9 Å². The summed E-state index contributed by atoms with van der Waals surface area (Å²) in [6.07, 6.45) is 3.04. The van der Waals surface area contributed by atoms with Crippen LogP contribution in [0.1, 0.15) is 42.2 Å². The number of halogens is 1. The van der Waals surface area contributed by atoms with Crippen LogP contribution in [0.4, 0.5) is 4.39 Å². The van der Waals surface area contributed by atoms with Crippen LogP contribution in [0.3, 0.4) is 0 Å². The molecule has 1 aromatic heterocycles. The molecule has 23 heavy (non-hydrogen) atoms. The van der Waals surface area contributed by atoms with Gasteiger partial charge in [-0.05, 0) is 51.3 Å². The lowest BCUT2D eigenvalue weighted by molar-refractivity contribution is 0.0583. The smallest absolute Gasteiger partial charge is 0.256 e. The van der Waals surface area contributed by atoms with Crippen LogP contribution in [0.15, 0.2) is 24.3 Å². The van der Waals surface area contributed by atoms with Crippen LogP contribution >= 0.6 is 0 Å². The van der Waals surface area contributed by atoms with E-state index in [1.807, 2.05) is 17.9 Å². The molecule has 0 bridgehead atoms. The van der Waals surface area contributed by atoms with E-state index in [1.54, 1.807) is 13.0 Å². The highest BCUT2D eigenvalue weighted by Gasteiger charge is 2.30. The number of pyridine rings is 1. The van der Waals surface area contributed by atoms with Gasteiger partial charge in [-0.3, -0.25) is 9.78 Å². The van der Waals surface area contributed by atoms with Crippen molar-refractivity contribution >= 4 is 16.8 Å². The van der Waals surface area contributed by atoms with E-state index in [0.717, 1.165) is 31.2 Å². The minimum Gasteiger partial charge on any atom is -0.334 e. The van der Waals surface area contributed by atoms with E-state index in [-0.39, 0.29) is 23.8 Å². The Bertz CT molecular complexity index is 744. The van der Waals surface area contributed by atoms with Crippen molar-refractivity contribution in [3.8, 4) is 0 Å². The highest BCUT2D eigenvalue weighted by molar-refractivity contribution is 5.98. The van der Waals surface area contributed by atoms with E-state index in [9.17, 15) is 9.18 Å². The van der Waals surface area contributed by atoms with Crippen molar-refractivity contribution in [3.63, 3.8) is 0 Å². The summed E-state index contributed by atoms with van der Waals surface area (Å²) in [6, 6.07) is 6.27. The van der Waals surface area contributed by atoms with Gasteiger partial charge in [0.25, 0.3) is 5.91 Å². The highest BCUT2D eigenvalue weighted by Crippen LogP contribution is 2.24. The van der Waals surface area contributed by atoms with Gasteiger partial charge >= 0.3 is 0 Å². The fourth-order valence-corrected chi connectivity index (χ4v) is 3.36. The topological polar surface area (TPSA) is 59.2 Å². The number of piperidine rings is 1. The number of hydrogen-bond donors (Lipinski definition) is 1. The zero-order valence-corrected chi connectivity index (χ0v) is 13.6. The lowest BCUT2D eigenvalue weighted by Gasteiger charge is -2.38. The van der Waals surface area contributed by atoms with Crippen LogP contribution in [0.2, 0.25) is 0 Å². The predicted molar refractivity (Wildman–Crippen MR) is 88.8 cm³/mol. The van der Waals surface area contributed by atoms with Crippen LogP contribution < -0.4 is 5.73 Å². The molecule has 1 amide bonds. The number of benzene rings is 1. The summed E-state index contributed by atoms with van der Waals surface area (Å²) >= 11 is 0. The number of likely N-dealkylation sites (tertiary alicyclic amines) is 1. The molecule has 2 N–H and O–H groups in total. The lowest BCUT2D eigenvalue weighted by Crippen LogP contribution is -2.51. The summed E-state index contributed by atoms with van der Waals surface area (Å²) < 4.78 is 13.3. The van der Waals surface area contributed by atoms with E-state index in [4.69, 9.17) is 5.73 Å². The molecule has 0 radical (unpaired) electrons. The molecule has 0 spiro atoms. The van der Waals surface area contributed by atoms with Gasteiger partial charge in [0.2, 0.25) is 0 Å². The molecule has 2 heterocycles. The number of aryl methyl sites for hydroxylation is 1. The maximum absolute atomic E-state index is 13.3. The second-order valence-electron chi connectivity index (χ2n) is 6.38. The minimum absolute atomic E-state index is 0.0248. The summed E-state index contributed by atoms with van der Waals surface area (Å²) in [4.78, 5) is 19.3. The molecule has 0 aliphatic carbocycles. The van der Waals surface area contributed by atoms with Gasteiger partial charge < -0.3 is 10.6 Å². The molecule has 1 saturated heterocycles. The number of rotatable bonds is 2. The molecule has 1 aliphatic heterocycles. The summed E-state index contributed by atoms with van der Waals surface area (Å²) in [5, 5.41) is 0.773. The molecule has 1 aliphatic rings. The van der Waals surface area contributed by atoms with Crippen LogP contribution in [-0.4, -0.2) is 34.4 Å². The van der Waals surface area contributed by atoms with E-state index < -0.39 is 0 Å². The average Bonchev–Trinajstić information content (AvgIpc) is 2.53. The van der Waals surface area contributed by atoms with Gasteiger partial charge in [0.05, 0.1) is 16.8 Å². The number of amides is 1. The summed E-state index contributed by atoms with van der Waals surface area (Å²) in [5.74, 6) is -0.347. The van der Waals surface area contributed by atoms with E-state index in [1.165, 1.54) is 12.1 Å². The van der Waals surface area contributed by atoms with Gasteiger partial charge in [0, 0.05) is 30.1 Å². The van der Waals surface area contributed by atoms with Crippen LogP contribution in [-0.2, 0) is 0 Å². The number of carbonyl (C=O) groups excluding carboxylic acids is 1. The first-order valence-corrected chi connectivity index (χ1v) is 8.11. The molecule has 1 aromatic carbocycles. The van der Waals surface area contributed by atoms with E-state index in [2.05, 4.69) is 4.98 Å². The Labute approximate surface area is 135 Å². The third-order valence-electron chi connectivity index (χ3n) is 4.62. The summed E-state index contributed by atoms with van der Waals surface area (Å²) in [5.41, 5.74) is 7.85. The Morgan fingerprint density at radius 2 is 2.17 bits per heavy atom. The van der Waals surface area contributed by atoms with Gasteiger partial charge in [-0.1, -0.05) is 0 Å². The third-order valence-corrected chi connectivity index (χ3v) is 4.62. The van der Waals surface area contributed by atoms with Crippen molar-refractivity contribution in [1.29, 1.82) is 0 Å². The Hall–Kier alpha value is -2.01.